The lowest BCUT2D eigenvalue weighted by Crippen LogP contribution is -2.29. The average Bonchev–Trinajstić information content (AvgIpc) is 3.46. The van der Waals surface area contributed by atoms with Crippen LogP contribution in [-0.4, -0.2) is 34.2 Å². The van der Waals surface area contributed by atoms with Crippen LogP contribution in [0.2, 0.25) is 0 Å². The maximum absolute atomic E-state index is 12.4. The maximum atomic E-state index is 12.4. The molecule has 4 rings (SSSR count). The van der Waals surface area contributed by atoms with E-state index in [0.29, 0.717) is 23.9 Å². The zero-order chi connectivity index (χ0) is 21.6. The molecule has 2 amide bonds. The van der Waals surface area contributed by atoms with Crippen molar-refractivity contribution in [3.63, 3.8) is 0 Å². The minimum absolute atomic E-state index is 0.211. The molecule has 2 aromatic carbocycles. The van der Waals surface area contributed by atoms with Gasteiger partial charge in [-0.1, -0.05) is 43.3 Å². The van der Waals surface area contributed by atoms with Gasteiger partial charge in [-0.3, -0.25) is 4.90 Å². The Kier molecular flexibility index (Phi) is 6.62. The van der Waals surface area contributed by atoms with Crippen LogP contribution in [-0.2, 0) is 13.1 Å². The molecule has 0 aliphatic carbocycles. The fourth-order valence-electron chi connectivity index (χ4n) is 3.70. The Morgan fingerprint density at radius 1 is 1.06 bits per heavy atom. The Labute approximate surface area is 182 Å². The number of amides is 2. The number of carbonyl (C=O) groups is 1. The predicted octanol–water partition coefficient (Wildman–Crippen LogP) is 4.78. The van der Waals surface area contributed by atoms with Crippen LogP contribution in [0.15, 0.2) is 53.1 Å². The third-order valence-corrected chi connectivity index (χ3v) is 5.50. The Morgan fingerprint density at radius 2 is 1.77 bits per heavy atom. The topological polar surface area (TPSA) is 83.3 Å². The highest BCUT2D eigenvalue weighted by atomic mass is 16.5. The third kappa shape index (κ3) is 5.49. The van der Waals surface area contributed by atoms with Gasteiger partial charge in [0.05, 0.1) is 0 Å². The van der Waals surface area contributed by atoms with Gasteiger partial charge in [-0.05, 0) is 61.3 Å². The number of rotatable bonds is 7. The first-order chi connectivity index (χ1) is 15.1. The third-order valence-electron chi connectivity index (χ3n) is 5.50. The molecule has 1 fully saturated rings. The average molecular weight is 420 g/mol. The normalized spacial score (nSPS) is 14.2. The number of hydrogen-bond donors (Lipinski definition) is 2. The van der Waals surface area contributed by atoms with Crippen molar-refractivity contribution in [2.75, 3.05) is 18.4 Å². The van der Waals surface area contributed by atoms with Gasteiger partial charge in [-0.25, -0.2) is 4.79 Å². The summed E-state index contributed by atoms with van der Waals surface area (Å²) in [7, 11) is 0. The number of likely N-dealkylation sites (tertiary alicyclic amines) is 1. The van der Waals surface area contributed by atoms with Crippen molar-refractivity contribution in [3.8, 4) is 11.5 Å². The van der Waals surface area contributed by atoms with E-state index < -0.39 is 0 Å². The molecule has 7 heteroatoms. The van der Waals surface area contributed by atoms with Gasteiger partial charge in [-0.2, -0.15) is 4.98 Å². The summed E-state index contributed by atoms with van der Waals surface area (Å²) in [5.41, 5.74) is 3.95. The standard InChI is InChI=1S/C24H29N5O2/c1-17(2)22-27-23(31-28-22)18-9-11-21(12-10-18)26-24(30)25-15-19-7-3-4-8-20(19)16-29-13-5-6-14-29/h3-4,7-12,17H,5-6,13-16H2,1-2H3,(H2,25,26,30). The molecule has 0 atom stereocenters. The first-order valence-corrected chi connectivity index (χ1v) is 10.9. The molecular weight excluding hydrogens is 390 g/mol. The van der Waals surface area contributed by atoms with Crippen LogP contribution < -0.4 is 10.6 Å². The number of nitrogens with one attached hydrogen (secondary N) is 2. The monoisotopic (exact) mass is 419 g/mol. The molecule has 0 saturated carbocycles. The van der Waals surface area contributed by atoms with E-state index in [1.165, 1.54) is 18.4 Å². The van der Waals surface area contributed by atoms with Crippen molar-refractivity contribution in [1.82, 2.24) is 20.4 Å². The zero-order valence-electron chi connectivity index (χ0n) is 18.1. The molecule has 0 spiro atoms. The van der Waals surface area contributed by atoms with Crippen LogP contribution in [0.3, 0.4) is 0 Å². The van der Waals surface area contributed by atoms with Gasteiger partial charge in [-0.15, -0.1) is 0 Å². The Bertz CT molecular complexity index is 1010. The quantitative estimate of drug-likeness (QED) is 0.576. The van der Waals surface area contributed by atoms with Crippen molar-refractivity contribution >= 4 is 11.7 Å². The van der Waals surface area contributed by atoms with E-state index in [-0.39, 0.29) is 11.9 Å². The summed E-state index contributed by atoms with van der Waals surface area (Å²) in [6.45, 7) is 7.78. The van der Waals surface area contributed by atoms with Crippen LogP contribution in [0.25, 0.3) is 11.5 Å². The van der Waals surface area contributed by atoms with Gasteiger partial charge in [0, 0.05) is 30.3 Å². The highest BCUT2D eigenvalue weighted by Gasteiger charge is 2.14. The lowest BCUT2D eigenvalue weighted by atomic mass is 10.1. The molecule has 0 bridgehead atoms. The van der Waals surface area contributed by atoms with Gasteiger partial charge < -0.3 is 15.2 Å². The Hall–Kier alpha value is -3.19. The van der Waals surface area contributed by atoms with E-state index >= 15 is 0 Å². The highest BCUT2D eigenvalue weighted by molar-refractivity contribution is 5.89. The minimum atomic E-state index is -0.233. The molecule has 0 radical (unpaired) electrons. The van der Waals surface area contributed by atoms with Gasteiger partial charge in [0.1, 0.15) is 0 Å². The predicted molar refractivity (Wildman–Crippen MR) is 121 cm³/mol. The van der Waals surface area contributed by atoms with Crippen molar-refractivity contribution in [1.29, 1.82) is 0 Å². The summed E-state index contributed by atoms with van der Waals surface area (Å²) < 4.78 is 5.31. The second kappa shape index (κ2) is 9.75. The van der Waals surface area contributed by atoms with E-state index in [1.807, 2.05) is 44.2 Å². The second-order valence-electron chi connectivity index (χ2n) is 8.25. The van der Waals surface area contributed by atoms with Gasteiger partial charge in [0.25, 0.3) is 5.89 Å². The van der Waals surface area contributed by atoms with E-state index in [4.69, 9.17) is 4.52 Å². The summed E-state index contributed by atoms with van der Waals surface area (Å²) in [5, 5.41) is 9.83. The molecule has 1 aliphatic rings. The number of anilines is 1. The molecule has 1 saturated heterocycles. The summed E-state index contributed by atoms with van der Waals surface area (Å²) in [4.78, 5) is 19.3. The number of benzene rings is 2. The molecule has 3 aromatic rings. The first kappa shape index (κ1) is 21.1. The zero-order valence-corrected chi connectivity index (χ0v) is 18.1. The van der Waals surface area contributed by atoms with E-state index in [2.05, 4.69) is 43.9 Å². The number of aromatic nitrogens is 2. The Morgan fingerprint density at radius 3 is 2.45 bits per heavy atom. The second-order valence-corrected chi connectivity index (χ2v) is 8.25. The first-order valence-electron chi connectivity index (χ1n) is 10.9. The fraction of sp³-hybridized carbons (Fsp3) is 0.375. The van der Waals surface area contributed by atoms with Crippen LogP contribution in [0.5, 0.6) is 0 Å². The van der Waals surface area contributed by atoms with Crippen LogP contribution in [0, 0.1) is 0 Å². The van der Waals surface area contributed by atoms with Crippen molar-refractivity contribution in [2.45, 2.75) is 45.7 Å². The smallest absolute Gasteiger partial charge is 0.319 e. The molecule has 1 aromatic heterocycles. The highest BCUT2D eigenvalue weighted by Crippen LogP contribution is 2.22. The summed E-state index contributed by atoms with van der Waals surface area (Å²) >= 11 is 0. The molecule has 7 nitrogen and oxygen atoms in total. The van der Waals surface area contributed by atoms with Crippen molar-refractivity contribution in [3.05, 3.63) is 65.5 Å². The number of hydrogen-bond acceptors (Lipinski definition) is 5. The molecule has 162 valence electrons. The Balaban J connectivity index is 1.32. The molecule has 1 aliphatic heterocycles. The number of urea groups is 1. The van der Waals surface area contributed by atoms with Gasteiger partial charge >= 0.3 is 6.03 Å². The lowest BCUT2D eigenvalue weighted by molar-refractivity contribution is 0.251. The molecule has 31 heavy (non-hydrogen) atoms. The summed E-state index contributed by atoms with van der Waals surface area (Å²) in [5.74, 6) is 1.37. The number of nitrogens with zero attached hydrogens (tertiary/aromatic N) is 3. The van der Waals surface area contributed by atoms with Gasteiger partial charge in [0.15, 0.2) is 5.82 Å². The molecule has 2 N–H and O–H groups in total. The number of carbonyl (C=O) groups excluding carboxylic acids is 1. The molecular formula is C24H29N5O2. The lowest BCUT2D eigenvalue weighted by Gasteiger charge is -2.18. The van der Waals surface area contributed by atoms with Gasteiger partial charge in [0.2, 0.25) is 0 Å². The van der Waals surface area contributed by atoms with Crippen molar-refractivity contribution < 1.29 is 9.32 Å². The summed E-state index contributed by atoms with van der Waals surface area (Å²) in [6.07, 6.45) is 2.54. The van der Waals surface area contributed by atoms with E-state index in [1.54, 1.807) is 0 Å². The SMILES string of the molecule is CC(C)c1noc(-c2ccc(NC(=O)NCc3ccccc3CN3CCCC3)cc2)n1. The molecule has 2 heterocycles. The van der Waals surface area contributed by atoms with E-state index in [0.717, 1.165) is 30.8 Å². The van der Waals surface area contributed by atoms with Crippen LogP contribution in [0.1, 0.15) is 49.6 Å². The largest absolute Gasteiger partial charge is 0.334 e. The molecule has 0 unspecified atom stereocenters. The maximum Gasteiger partial charge on any atom is 0.319 e. The van der Waals surface area contributed by atoms with Crippen LogP contribution >= 0.6 is 0 Å². The van der Waals surface area contributed by atoms with Crippen LogP contribution in [0.4, 0.5) is 10.5 Å². The van der Waals surface area contributed by atoms with Crippen molar-refractivity contribution in [2.24, 2.45) is 0 Å². The van der Waals surface area contributed by atoms with E-state index in [9.17, 15) is 4.79 Å². The fourth-order valence-corrected chi connectivity index (χ4v) is 3.70. The summed E-state index contributed by atoms with van der Waals surface area (Å²) in [6, 6.07) is 15.4. The minimum Gasteiger partial charge on any atom is -0.334 e.